The minimum atomic E-state index is -0.117. The third-order valence-corrected chi connectivity index (χ3v) is 3.79. The molecule has 0 aliphatic heterocycles. The normalized spacial score (nSPS) is 12.0. The first kappa shape index (κ1) is 17.6. The molecule has 126 valence electrons. The van der Waals surface area contributed by atoms with Gasteiger partial charge in [0.05, 0.1) is 20.3 Å². The fourth-order valence-corrected chi connectivity index (χ4v) is 2.36. The Balaban J connectivity index is 1.98. The lowest BCUT2D eigenvalue weighted by molar-refractivity contribution is -0.117. The van der Waals surface area contributed by atoms with Crippen molar-refractivity contribution < 1.29 is 14.3 Å². The number of hydrogen-bond acceptors (Lipinski definition) is 3. The quantitative estimate of drug-likeness (QED) is 0.783. The molecule has 1 atom stereocenters. The summed E-state index contributed by atoms with van der Waals surface area (Å²) in [5.74, 6) is 1.48. The summed E-state index contributed by atoms with van der Waals surface area (Å²) in [5, 5.41) is 3.02. The van der Waals surface area contributed by atoms with E-state index in [9.17, 15) is 4.79 Å². The van der Waals surface area contributed by atoms with Crippen molar-refractivity contribution >= 4 is 12.0 Å². The van der Waals surface area contributed by atoms with Crippen molar-refractivity contribution in [1.82, 2.24) is 5.32 Å². The van der Waals surface area contributed by atoms with Crippen LogP contribution in [-0.4, -0.2) is 20.1 Å². The number of rotatable bonds is 7. The molecule has 2 aromatic rings. The fourth-order valence-electron chi connectivity index (χ4n) is 2.36. The summed E-state index contributed by atoms with van der Waals surface area (Å²) in [6.07, 6.45) is 4.15. The van der Waals surface area contributed by atoms with Gasteiger partial charge in [0.2, 0.25) is 5.91 Å². The third kappa shape index (κ3) is 4.88. The van der Waals surface area contributed by atoms with E-state index in [4.69, 9.17) is 9.47 Å². The standard InChI is InChI=1S/C20H23NO3/c1-4-19(16-8-12-18(24-3)13-9-16)21-20(22)14-7-15-5-10-17(23-2)11-6-15/h5-14,19H,4H2,1-3H3,(H,21,22)/b14-7+/t19-/m0/s1. The number of carbonyl (C=O) groups excluding carboxylic acids is 1. The van der Waals surface area contributed by atoms with Gasteiger partial charge in [-0.25, -0.2) is 0 Å². The van der Waals surface area contributed by atoms with Gasteiger partial charge in [0.25, 0.3) is 0 Å². The summed E-state index contributed by atoms with van der Waals surface area (Å²) < 4.78 is 10.3. The molecule has 4 nitrogen and oxygen atoms in total. The number of nitrogens with one attached hydrogen (secondary N) is 1. The van der Waals surface area contributed by atoms with Gasteiger partial charge >= 0.3 is 0 Å². The van der Waals surface area contributed by atoms with Crippen LogP contribution in [0.25, 0.3) is 6.08 Å². The second-order valence-electron chi connectivity index (χ2n) is 5.35. The Morgan fingerprint density at radius 1 is 1.00 bits per heavy atom. The third-order valence-electron chi connectivity index (χ3n) is 3.79. The largest absolute Gasteiger partial charge is 0.497 e. The van der Waals surface area contributed by atoms with Gasteiger partial charge in [-0.3, -0.25) is 4.79 Å². The molecule has 0 unspecified atom stereocenters. The number of benzene rings is 2. The van der Waals surface area contributed by atoms with Crippen molar-refractivity contribution in [3.8, 4) is 11.5 Å². The van der Waals surface area contributed by atoms with Gasteiger partial charge in [0.1, 0.15) is 11.5 Å². The average Bonchev–Trinajstić information content (AvgIpc) is 2.65. The molecule has 0 spiro atoms. The summed E-state index contributed by atoms with van der Waals surface area (Å²) in [5.41, 5.74) is 2.01. The molecule has 2 rings (SSSR count). The van der Waals surface area contributed by atoms with E-state index in [2.05, 4.69) is 5.32 Å². The average molecular weight is 325 g/mol. The lowest BCUT2D eigenvalue weighted by atomic mass is 10.0. The number of ether oxygens (including phenoxy) is 2. The summed E-state index contributed by atoms with van der Waals surface area (Å²) in [7, 11) is 3.26. The molecule has 0 bridgehead atoms. The van der Waals surface area contributed by atoms with Crippen LogP contribution in [0.1, 0.15) is 30.5 Å². The van der Waals surface area contributed by atoms with E-state index in [-0.39, 0.29) is 11.9 Å². The van der Waals surface area contributed by atoms with Crippen LogP contribution in [0.2, 0.25) is 0 Å². The first-order valence-corrected chi connectivity index (χ1v) is 7.92. The lowest BCUT2D eigenvalue weighted by Crippen LogP contribution is -2.26. The van der Waals surface area contributed by atoms with Crippen LogP contribution in [0.15, 0.2) is 54.6 Å². The monoisotopic (exact) mass is 325 g/mol. The molecular weight excluding hydrogens is 302 g/mol. The smallest absolute Gasteiger partial charge is 0.244 e. The molecular formula is C20H23NO3. The van der Waals surface area contributed by atoms with E-state index >= 15 is 0 Å². The lowest BCUT2D eigenvalue weighted by Gasteiger charge is -2.16. The molecule has 0 radical (unpaired) electrons. The second kappa shape index (κ2) is 8.77. The molecule has 1 N–H and O–H groups in total. The number of hydrogen-bond donors (Lipinski definition) is 1. The molecule has 0 heterocycles. The molecule has 1 amide bonds. The molecule has 24 heavy (non-hydrogen) atoms. The maximum atomic E-state index is 12.2. The molecule has 2 aromatic carbocycles. The Bertz CT molecular complexity index is 675. The van der Waals surface area contributed by atoms with Crippen LogP contribution >= 0.6 is 0 Å². The van der Waals surface area contributed by atoms with Crippen molar-refractivity contribution in [1.29, 1.82) is 0 Å². The van der Waals surface area contributed by atoms with Gasteiger partial charge in [0.15, 0.2) is 0 Å². The van der Waals surface area contributed by atoms with Crippen LogP contribution in [0.3, 0.4) is 0 Å². The first-order chi connectivity index (χ1) is 11.7. The van der Waals surface area contributed by atoms with E-state index < -0.39 is 0 Å². The summed E-state index contributed by atoms with van der Waals surface area (Å²) in [6, 6.07) is 15.3. The van der Waals surface area contributed by atoms with Gasteiger partial charge in [-0.05, 0) is 47.9 Å². The zero-order chi connectivity index (χ0) is 17.4. The topological polar surface area (TPSA) is 47.6 Å². The molecule has 0 aromatic heterocycles. The minimum absolute atomic E-state index is 0.0241. The minimum Gasteiger partial charge on any atom is -0.497 e. The van der Waals surface area contributed by atoms with Crippen molar-refractivity contribution in [2.75, 3.05) is 14.2 Å². The SMILES string of the molecule is CC[C@H](NC(=O)/C=C/c1ccc(OC)cc1)c1ccc(OC)cc1. The Hall–Kier alpha value is -2.75. The van der Waals surface area contributed by atoms with Gasteiger partial charge in [-0.15, -0.1) is 0 Å². The van der Waals surface area contributed by atoms with Gasteiger partial charge < -0.3 is 14.8 Å². The van der Waals surface area contributed by atoms with Crippen molar-refractivity contribution in [2.24, 2.45) is 0 Å². The van der Waals surface area contributed by atoms with E-state index in [0.717, 1.165) is 29.0 Å². The Morgan fingerprint density at radius 2 is 1.54 bits per heavy atom. The summed E-state index contributed by atoms with van der Waals surface area (Å²) in [6.45, 7) is 2.04. The van der Waals surface area contributed by atoms with Crippen molar-refractivity contribution in [3.63, 3.8) is 0 Å². The van der Waals surface area contributed by atoms with Crippen molar-refractivity contribution in [3.05, 3.63) is 65.7 Å². The Labute approximate surface area is 143 Å². The van der Waals surface area contributed by atoms with E-state index in [0.29, 0.717) is 0 Å². The zero-order valence-electron chi connectivity index (χ0n) is 14.3. The number of methoxy groups -OCH3 is 2. The fraction of sp³-hybridized carbons (Fsp3) is 0.250. The molecule has 0 aliphatic carbocycles. The molecule has 0 saturated heterocycles. The van der Waals surface area contributed by atoms with Crippen LogP contribution in [-0.2, 0) is 4.79 Å². The second-order valence-corrected chi connectivity index (χ2v) is 5.35. The van der Waals surface area contributed by atoms with Crippen LogP contribution in [0.5, 0.6) is 11.5 Å². The van der Waals surface area contributed by atoms with E-state index in [1.54, 1.807) is 26.4 Å². The predicted octanol–water partition coefficient (Wildman–Crippen LogP) is 3.98. The van der Waals surface area contributed by atoms with Crippen LogP contribution < -0.4 is 14.8 Å². The summed E-state index contributed by atoms with van der Waals surface area (Å²) in [4.78, 5) is 12.2. The van der Waals surface area contributed by atoms with E-state index in [1.165, 1.54) is 0 Å². The predicted molar refractivity (Wildman–Crippen MR) is 96.2 cm³/mol. The molecule has 0 saturated carbocycles. The Morgan fingerprint density at radius 3 is 2.04 bits per heavy atom. The Kier molecular flexibility index (Phi) is 6.43. The molecule has 0 fully saturated rings. The van der Waals surface area contributed by atoms with Gasteiger partial charge in [-0.2, -0.15) is 0 Å². The molecule has 0 aliphatic rings. The van der Waals surface area contributed by atoms with E-state index in [1.807, 2.05) is 55.5 Å². The highest BCUT2D eigenvalue weighted by Gasteiger charge is 2.11. The highest BCUT2D eigenvalue weighted by atomic mass is 16.5. The zero-order valence-corrected chi connectivity index (χ0v) is 14.3. The molecule has 4 heteroatoms. The maximum Gasteiger partial charge on any atom is 0.244 e. The van der Waals surface area contributed by atoms with Crippen LogP contribution in [0, 0.1) is 0 Å². The van der Waals surface area contributed by atoms with Gasteiger partial charge in [0, 0.05) is 6.08 Å². The maximum absolute atomic E-state index is 12.2. The number of amides is 1. The summed E-state index contributed by atoms with van der Waals surface area (Å²) >= 11 is 0. The van der Waals surface area contributed by atoms with Gasteiger partial charge in [-0.1, -0.05) is 31.2 Å². The van der Waals surface area contributed by atoms with Crippen LogP contribution in [0.4, 0.5) is 0 Å². The highest BCUT2D eigenvalue weighted by molar-refractivity contribution is 5.92. The van der Waals surface area contributed by atoms with Crippen molar-refractivity contribution in [2.45, 2.75) is 19.4 Å². The first-order valence-electron chi connectivity index (χ1n) is 7.92. The number of carbonyl (C=O) groups is 1. The highest BCUT2D eigenvalue weighted by Crippen LogP contribution is 2.20.